The third kappa shape index (κ3) is 4.76. The number of ether oxygens (including phenoxy) is 1. The summed E-state index contributed by atoms with van der Waals surface area (Å²) in [6, 6.07) is 12.1. The number of fused-ring (bicyclic) bond motifs is 2. The molecule has 2 aliphatic heterocycles. The molecule has 9 nitrogen and oxygen atoms in total. The molecule has 2 atom stereocenters. The van der Waals surface area contributed by atoms with Crippen LogP contribution < -0.4 is 5.73 Å². The van der Waals surface area contributed by atoms with Gasteiger partial charge in [0.1, 0.15) is 18.5 Å². The highest BCUT2D eigenvalue weighted by atomic mass is 19.1. The minimum atomic E-state index is -1.10. The molecule has 2 amide bonds. The summed E-state index contributed by atoms with van der Waals surface area (Å²) in [5.74, 6) is 0.722. The molecule has 3 fully saturated rings. The summed E-state index contributed by atoms with van der Waals surface area (Å²) >= 11 is 0. The molecule has 0 unspecified atom stereocenters. The van der Waals surface area contributed by atoms with Gasteiger partial charge in [0.05, 0.1) is 28.8 Å². The van der Waals surface area contributed by atoms with Gasteiger partial charge in [0.25, 0.3) is 5.91 Å². The van der Waals surface area contributed by atoms with Gasteiger partial charge in [0.15, 0.2) is 0 Å². The van der Waals surface area contributed by atoms with E-state index in [1.165, 1.54) is 34.2 Å². The minimum Gasteiger partial charge on any atom is -0.375 e. The van der Waals surface area contributed by atoms with Crippen LogP contribution in [0.25, 0.3) is 27.8 Å². The van der Waals surface area contributed by atoms with Crippen LogP contribution in [0.15, 0.2) is 42.6 Å². The van der Waals surface area contributed by atoms with Gasteiger partial charge in [-0.25, -0.2) is 8.91 Å². The molecule has 0 bridgehead atoms. The summed E-state index contributed by atoms with van der Waals surface area (Å²) < 4.78 is 23.4. The van der Waals surface area contributed by atoms with Gasteiger partial charge < -0.3 is 24.8 Å². The maximum atomic E-state index is 14.2. The number of carbonyl (C=O) groups is 2. The number of alkyl halides is 1. The third-order valence-corrected chi connectivity index (χ3v) is 9.12. The van der Waals surface area contributed by atoms with Crippen LogP contribution in [0.2, 0.25) is 0 Å². The monoisotopic (exact) mass is 572 g/mol. The smallest absolute Gasteiger partial charge is 0.255 e. The first-order valence-corrected chi connectivity index (χ1v) is 14.9. The van der Waals surface area contributed by atoms with E-state index in [1.54, 1.807) is 23.9 Å². The summed E-state index contributed by atoms with van der Waals surface area (Å²) in [5.41, 5.74) is 12.9. The minimum absolute atomic E-state index is 0.0285. The summed E-state index contributed by atoms with van der Waals surface area (Å²) in [6.07, 6.45) is 3.37. The number of hydrogen-bond donors (Lipinski definition) is 1. The molecule has 220 valence electrons. The summed E-state index contributed by atoms with van der Waals surface area (Å²) in [5, 5.41) is 6.17. The number of aryl methyl sites for hydroxylation is 1. The number of carbonyl (C=O) groups excluding carboxylic acids is 2. The van der Waals surface area contributed by atoms with Crippen LogP contribution in [0.3, 0.4) is 0 Å². The van der Waals surface area contributed by atoms with Crippen molar-refractivity contribution in [3.63, 3.8) is 0 Å². The SMILES string of the molecule is COCC(=O)N1CC(c2cccc3cc(-c4nn5cc(C(=O)N6C[C@H](N)C[C@@H](F)C6)ccc5c4C)n(CC4CC4)c23)C1. The average molecular weight is 573 g/mol. The van der Waals surface area contributed by atoms with Gasteiger partial charge in [-0.15, -0.1) is 0 Å². The molecule has 1 saturated carbocycles. The third-order valence-electron chi connectivity index (χ3n) is 9.12. The number of aromatic nitrogens is 3. The first-order chi connectivity index (χ1) is 20.3. The first-order valence-electron chi connectivity index (χ1n) is 14.9. The Hall–Kier alpha value is -3.76. The van der Waals surface area contributed by atoms with Crippen LogP contribution in [0, 0.1) is 12.8 Å². The number of hydrogen-bond acceptors (Lipinski definition) is 5. The fourth-order valence-electron chi connectivity index (χ4n) is 6.69. The molecule has 1 aromatic carbocycles. The normalized spacial score (nSPS) is 21.3. The van der Waals surface area contributed by atoms with Crippen molar-refractivity contribution in [2.45, 2.75) is 50.9 Å². The van der Waals surface area contributed by atoms with E-state index in [2.05, 4.69) is 35.8 Å². The number of methoxy groups -OCH3 is 1. The van der Waals surface area contributed by atoms with Crippen LogP contribution in [-0.2, 0) is 16.1 Å². The van der Waals surface area contributed by atoms with E-state index in [0.717, 1.165) is 29.0 Å². The Labute approximate surface area is 244 Å². The van der Waals surface area contributed by atoms with Crippen LogP contribution in [0.5, 0.6) is 0 Å². The molecule has 42 heavy (non-hydrogen) atoms. The van der Waals surface area contributed by atoms with E-state index in [1.807, 2.05) is 11.0 Å². The molecule has 3 aromatic heterocycles. The number of pyridine rings is 1. The number of halogens is 1. The lowest BCUT2D eigenvalue weighted by Crippen LogP contribution is -2.50. The van der Waals surface area contributed by atoms with Crippen molar-refractivity contribution in [3.05, 3.63) is 59.3 Å². The highest BCUT2D eigenvalue weighted by Gasteiger charge is 2.35. The number of benzene rings is 1. The maximum Gasteiger partial charge on any atom is 0.255 e. The molecular formula is C32H37FN6O3. The molecule has 0 radical (unpaired) electrons. The van der Waals surface area contributed by atoms with Crippen molar-refractivity contribution in [1.29, 1.82) is 0 Å². The molecule has 4 aromatic rings. The second-order valence-electron chi connectivity index (χ2n) is 12.3. The van der Waals surface area contributed by atoms with Crippen LogP contribution in [0.4, 0.5) is 4.39 Å². The Bertz CT molecular complexity index is 1670. The highest BCUT2D eigenvalue weighted by molar-refractivity contribution is 5.95. The van der Waals surface area contributed by atoms with E-state index in [9.17, 15) is 14.0 Å². The second kappa shape index (κ2) is 10.5. The van der Waals surface area contributed by atoms with Gasteiger partial charge in [-0.1, -0.05) is 18.2 Å². The first kappa shape index (κ1) is 27.1. The largest absolute Gasteiger partial charge is 0.375 e. The van der Waals surface area contributed by atoms with Crippen molar-refractivity contribution in [3.8, 4) is 11.4 Å². The maximum absolute atomic E-state index is 14.2. The van der Waals surface area contributed by atoms with Crippen LogP contribution in [0.1, 0.15) is 46.7 Å². The lowest BCUT2D eigenvalue weighted by molar-refractivity contribution is -0.139. The highest BCUT2D eigenvalue weighted by Crippen LogP contribution is 2.40. The number of piperidine rings is 1. The molecule has 3 aliphatic rings. The quantitative estimate of drug-likeness (QED) is 0.364. The van der Waals surface area contributed by atoms with Gasteiger partial charge in [0, 0.05) is 62.4 Å². The topological polar surface area (TPSA) is 98.1 Å². The molecular weight excluding hydrogens is 535 g/mol. The van der Waals surface area contributed by atoms with E-state index in [0.29, 0.717) is 31.1 Å². The number of nitrogens with zero attached hydrogens (tertiary/aromatic N) is 5. The molecule has 5 heterocycles. The Balaban J connectivity index is 1.25. The van der Waals surface area contributed by atoms with Gasteiger partial charge in [0.2, 0.25) is 5.91 Å². The standard InChI is InChI=1S/C32H37FN6O3/c1-19-27-9-8-22(32(41)37-16-24(33)11-25(34)17-37)15-39(27)35-30(19)28-10-21-4-3-5-26(31(21)38(28)12-20-6-7-20)23-13-36(14-23)29(40)18-42-2/h3-5,8-10,15,20,23-25H,6-7,11-14,16-18,34H2,1-2H3/t24-,25-/m1/s1. The Kier molecular flexibility index (Phi) is 6.78. The van der Waals surface area contributed by atoms with E-state index in [4.69, 9.17) is 15.6 Å². The fraction of sp³-hybridized carbons (Fsp3) is 0.469. The molecule has 1 aliphatic carbocycles. The Morgan fingerprint density at radius 1 is 1.10 bits per heavy atom. The lowest BCUT2D eigenvalue weighted by atomic mass is 9.90. The average Bonchev–Trinajstić information content (AvgIpc) is 3.60. The van der Waals surface area contributed by atoms with E-state index < -0.39 is 6.17 Å². The number of para-hydroxylation sites is 1. The van der Waals surface area contributed by atoms with Crippen LogP contribution >= 0.6 is 0 Å². The summed E-state index contributed by atoms with van der Waals surface area (Å²) in [6.45, 7) is 4.91. The van der Waals surface area contributed by atoms with Crippen molar-refractivity contribution >= 4 is 28.2 Å². The second-order valence-corrected chi connectivity index (χ2v) is 12.3. The van der Waals surface area contributed by atoms with Crippen molar-refractivity contribution < 1.29 is 18.7 Å². The van der Waals surface area contributed by atoms with Gasteiger partial charge in [-0.2, -0.15) is 5.10 Å². The lowest BCUT2D eigenvalue weighted by Gasteiger charge is -2.40. The zero-order valence-corrected chi connectivity index (χ0v) is 24.1. The number of amides is 2. The van der Waals surface area contributed by atoms with Gasteiger partial charge in [-0.3, -0.25) is 9.59 Å². The molecule has 10 heteroatoms. The molecule has 0 spiro atoms. The summed E-state index contributed by atoms with van der Waals surface area (Å²) in [7, 11) is 1.55. The fourth-order valence-corrected chi connectivity index (χ4v) is 6.69. The van der Waals surface area contributed by atoms with Crippen molar-refractivity contribution in [1.82, 2.24) is 24.0 Å². The molecule has 2 N–H and O–H groups in total. The van der Waals surface area contributed by atoms with E-state index >= 15 is 0 Å². The zero-order chi connectivity index (χ0) is 29.1. The van der Waals surface area contributed by atoms with Gasteiger partial charge >= 0.3 is 0 Å². The zero-order valence-electron chi connectivity index (χ0n) is 24.1. The van der Waals surface area contributed by atoms with E-state index in [-0.39, 0.29) is 43.3 Å². The number of rotatable bonds is 7. The number of likely N-dealkylation sites (tertiary alicyclic amines) is 2. The van der Waals surface area contributed by atoms with Gasteiger partial charge in [-0.05, 0) is 55.9 Å². The molecule has 2 saturated heterocycles. The predicted octanol–water partition coefficient (Wildman–Crippen LogP) is 3.76. The Morgan fingerprint density at radius 2 is 1.90 bits per heavy atom. The van der Waals surface area contributed by atoms with Crippen molar-refractivity contribution in [2.24, 2.45) is 11.7 Å². The summed E-state index contributed by atoms with van der Waals surface area (Å²) in [4.78, 5) is 29.0. The van der Waals surface area contributed by atoms with Crippen molar-refractivity contribution in [2.75, 3.05) is 39.9 Å². The predicted molar refractivity (Wildman–Crippen MR) is 158 cm³/mol. The molecule has 7 rings (SSSR count). The Morgan fingerprint density at radius 3 is 2.64 bits per heavy atom. The van der Waals surface area contributed by atoms with Crippen LogP contribution in [-0.4, -0.2) is 87.9 Å². The number of nitrogens with two attached hydrogens (primary N) is 1.